The summed E-state index contributed by atoms with van der Waals surface area (Å²) in [6, 6.07) is -1.15. The standard InChI is InChI=1S/C5H10N2O4/c1-3(9)6-7-4(2-8)5(10)11/h4,7-8H,2H2,1H3,(H,6,9)(H,10,11). The van der Waals surface area contributed by atoms with Gasteiger partial charge in [-0.1, -0.05) is 0 Å². The third-order valence-corrected chi connectivity index (χ3v) is 0.903. The molecule has 0 heterocycles. The molecule has 0 rings (SSSR count). The minimum atomic E-state index is -1.22. The van der Waals surface area contributed by atoms with Crippen LogP contribution < -0.4 is 10.9 Å². The number of amides is 1. The van der Waals surface area contributed by atoms with Gasteiger partial charge in [-0.05, 0) is 0 Å². The molecule has 4 N–H and O–H groups in total. The van der Waals surface area contributed by atoms with E-state index in [2.05, 4.69) is 5.43 Å². The largest absolute Gasteiger partial charge is 0.480 e. The van der Waals surface area contributed by atoms with Crippen molar-refractivity contribution in [1.29, 1.82) is 0 Å². The van der Waals surface area contributed by atoms with Crippen molar-refractivity contribution in [2.45, 2.75) is 13.0 Å². The SMILES string of the molecule is CC(=O)NNC(CO)C(=O)O. The van der Waals surface area contributed by atoms with Gasteiger partial charge < -0.3 is 10.2 Å². The van der Waals surface area contributed by atoms with Gasteiger partial charge in [-0.3, -0.25) is 15.0 Å². The summed E-state index contributed by atoms with van der Waals surface area (Å²) in [6.45, 7) is 0.652. The van der Waals surface area contributed by atoms with Gasteiger partial charge in [0.1, 0.15) is 6.04 Å². The zero-order valence-electron chi connectivity index (χ0n) is 6.00. The molecular weight excluding hydrogens is 152 g/mol. The summed E-state index contributed by atoms with van der Waals surface area (Å²) in [7, 11) is 0. The van der Waals surface area contributed by atoms with E-state index < -0.39 is 24.5 Å². The summed E-state index contributed by atoms with van der Waals surface area (Å²) in [5.41, 5.74) is 4.17. The van der Waals surface area contributed by atoms with E-state index in [9.17, 15) is 9.59 Å². The van der Waals surface area contributed by atoms with E-state index in [4.69, 9.17) is 10.2 Å². The topological polar surface area (TPSA) is 98.7 Å². The molecule has 0 saturated heterocycles. The van der Waals surface area contributed by atoms with Gasteiger partial charge in [-0.2, -0.15) is 0 Å². The Morgan fingerprint density at radius 2 is 2.09 bits per heavy atom. The van der Waals surface area contributed by atoms with Gasteiger partial charge in [0.25, 0.3) is 0 Å². The molecule has 1 amide bonds. The molecule has 0 aliphatic carbocycles. The van der Waals surface area contributed by atoms with Crippen LogP contribution in [0.3, 0.4) is 0 Å². The van der Waals surface area contributed by atoms with Gasteiger partial charge in [0.2, 0.25) is 5.91 Å². The number of carbonyl (C=O) groups excluding carboxylic acids is 1. The lowest BCUT2D eigenvalue weighted by Gasteiger charge is -2.10. The third-order valence-electron chi connectivity index (χ3n) is 0.903. The Bertz CT molecular complexity index is 159. The maximum atomic E-state index is 10.2. The van der Waals surface area contributed by atoms with Gasteiger partial charge in [0.15, 0.2) is 0 Å². The summed E-state index contributed by atoms with van der Waals surface area (Å²) in [4.78, 5) is 20.4. The molecule has 11 heavy (non-hydrogen) atoms. The van der Waals surface area contributed by atoms with Crippen molar-refractivity contribution in [3.63, 3.8) is 0 Å². The van der Waals surface area contributed by atoms with Gasteiger partial charge >= 0.3 is 5.97 Å². The number of carbonyl (C=O) groups is 2. The van der Waals surface area contributed by atoms with Crippen molar-refractivity contribution in [2.24, 2.45) is 0 Å². The van der Waals surface area contributed by atoms with Crippen LogP contribution in [0.15, 0.2) is 0 Å². The maximum Gasteiger partial charge on any atom is 0.324 e. The molecular formula is C5H10N2O4. The predicted molar refractivity (Wildman–Crippen MR) is 35.5 cm³/mol. The quantitative estimate of drug-likeness (QED) is 0.361. The highest BCUT2D eigenvalue weighted by Crippen LogP contribution is 1.78. The summed E-state index contributed by atoms with van der Waals surface area (Å²) in [5.74, 6) is -1.63. The Hall–Kier alpha value is -1.14. The summed E-state index contributed by atoms with van der Waals surface area (Å²) >= 11 is 0. The van der Waals surface area contributed by atoms with Crippen molar-refractivity contribution in [3.05, 3.63) is 0 Å². The number of hydrazine groups is 1. The van der Waals surface area contributed by atoms with E-state index >= 15 is 0 Å². The normalized spacial score (nSPS) is 12.2. The molecule has 6 heteroatoms. The van der Waals surface area contributed by atoms with Crippen molar-refractivity contribution in [1.82, 2.24) is 10.9 Å². The van der Waals surface area contributed by atoms with Crippen LogP contribution in [0.1, 0.15) is 6.92 Å². The average Bonchev–Trinajstić information content (AvgIpc) is 1.87. The highest BCUT2D eigenvalue weighted by Gasteiger charge is 2.14. The monoisotopic (exact) mass is 162 g/mol. The fraction of sp³-hybridized carbons (Fsp3) is 0.600. The molecule has 0 aliphatic heterocycles. The van der Waals surface area contributed by atoms with Gasteiger partial charge in [0.05, 0.1) is 6.61 Å². The highest BCUT2D eigenvalue weighted by molar-refractivity contribution is 5.75. The molecule has 0 radical (unpaired) electrons. The number of aliphatic hydroxyl groups is 1. The second kappa shape index (κ2) is 4.64. The van der Waals surface area contributed by atoms with E-state index in [1.807, 2.05) is 5.43 Å². The number of hydrogen-bond acceptors (Lipinski definition) is 4. The maximum absolute atomic E-state index is 10.2. The Morgan fingerprint density at radius 1 is 1.55 bits per heavy atom. The van der Waals surface area contributed by atoms with E-state index in [1.165, 1.54) is 6.92 Å². The first kappa shape index (κ1) is 9.86. The van der Waals surface area contributed by atoms with E-state index in [-0.39, 0.29) is 0 Å². The number of rotatable bonds is 4. The van der Waals surface area contributed by atoms with Crippen LogP contribution in [-0.4, -0.2) is 34.7 Å². The lowest BCUT2D eigenvalue weighted by atomic mass is 10.3. The first-order valence-electron chi connectivity index (χ1n) is 2.93. The Labute approximate surface area is 63.2 Å². The van der Waals surface area contributed by atoms with Crippen molar-refractivity contribution >= 4 is 11.9 Å². The second-order valence-corrected chi connectivity index (χ2v) is 1.90. The number of carboxylic acids is 1. The fourth-order valence-corrected chi connectivity index (χ4v) is 0.374. The Balaban J connectivity index is 3.70. The Kier molecular flexibility index (Phi) is 4.16. The van der Waals surface area contributed by atoms with Crippen molar-refractivity contribution < 1.29 is 19.8 Å². The zero-order chi connectivity index (χ0) is 8.85. The molecule has 0 aromatic heterocycles. The molecule has 0 aromatic carbocycles. The van der Waals surface area contributed by atoms with Crippen LogP contribution in [0.2, 0.25) is 0 Å². The number of aliphatic carboxylic acids is 1. The molecule has 0 bridgehead atoms. The van der Waals surface area contributed by atoms with E-state index in [0.717, 1.165) is 0 Å². The molecule has 0 fully saturated rings. The van der Waals surface area contributed by atoms with E-state index in [0.29, 0.717) is 0 Å². The molecule has 0 aliphatic rings. The zero-order valence-corrected chi connectivity index (χ0v) is 6.00. The number of carboxylic acid groups (broad SMARTS) is 1. The molecule has 0 aromatic rings. The average molecular weight is 162 g/mol. The fourth-order valence-electron chi connectivity index (χ4n) is 0.374. The van der Waals surface area contributed by atoms with Crippen LogP contribution in [0.25, 0.3) is 0 Å². The molecule has 0 spiro atoms. The van der Waals surface area contributed by atoms with Crippen LogP contribution in [0.5, 0.6) is 0 Å². The molecule has 64 valence electrons. The lowest BCUT2D eigenvalue weighted by Crippen LogP contribution is -2.49. The molecule has 1 unspecified atom stereocenters. The smallest absolute Gasteiger partial charge is 0.324 e. The van der Waals surface area contributed by atoms with Crippen molar-refractivity contribution in [2.75, 3.05) is 6.61 Å². The van der Waals surface area contributed by atoms with Gasteiger partial charge in [-0.15, -0.1) is 0 Å². The van der Waals surface area contributed by atoms with Crippen LogP contribution in [0.4, 0.5) is 0 Å². The molecule has 6 nitrogen and oxygen atoms in total. The number of nitrogens with one attached hydrogen (secondary N) is 2. The minimum absolute atomic E-state index is 0.412. The highest BCUT2D eigenvalue weighted by atomic mass is 16.4. The first-order valence-corrected chi connectivity index (χ1v) is 2.93. The minimum Gasteiger partial charge on any atom is -0.480 e. The lowest BCUT2D eigenvalue weighted by molar-refractivity contribution is -0.141. The van der Waals surface area contributed by atoms with Gasteiger partial charge in [0, 0.05) is 6.92 Å². The molecule has 0 saturated carbocycles. The third kappa shape index (κ3) is 4.29. The first-order chi connectivity index (χ1) is 5.07. The summed E-state index contributed by atoms with van der Waals surface area (Å²) in [5, 5.41) is 16.7. The second-order valence-electron chi connectivity index (χ2n) is 1.90. The molecule has 1 atom stereocenters. The Morgan fingerprint density at radius 3 is 2.36 bits per heavy atom. The van der Waals surface area contributed by atoms with Crippen LogP contribution in [0, 0.1) is 0 Å². The van der Waals surface area contributed by atoms with Crippen LogP contribution in [-0.2, 0) is 9.59 Å². The van der Waals surface area contributed by atoms with Crippen molar-refractivity contribution in [3.8, 4) is 0 Å². The van der Waals surface area contributed by atoms with E-state index in [1.54, 1.807) is 0 Å². The number of aliphatic hydroxyl groups excluding tert-OH is 1. The summed E-state index contributed by atoms with van der Waals surface area (Å²) in [6.07, 6.45) is 0. The summed E-state index contributed by atoms with van der Waals surface area (Å²) < 4.78 is 0. The predicted octanol–water partition coefficient (Wildman–Crippen LogP) is -1.93. The van der Waals surface area contributed by atoms with Crippen LogP contribution >= 0.6 is 0 Å². The van der Waals surface area contributed by atoms with Gasteiger partial charge in [-0.25, -0.2) is 5.43 Å². The number of hydrogen-bond donors (Lipinski definition) is 4.